The number of nitrogens with one attached hydrogen (secondary N) is 1. The molecule has 1 amide bonds. The van der Waals surface area contributed by atoms with Gasteiger partial charge in [0.15, 0.2) is 0 Å². The normalized spacial score (nSPS) is 27.2. The van der Waals surface area contributed by atoms with E-state index >= 15 is 0 Å². The number of anilines is 1. The first-order chi connectivity index (χ1) is 10.2. The van der Waals surface area contributed by atoms with Crippen LogP contribution < -0.4 is 11.1 Å². The van der Waals surface area contributed by atoms with Crippen LogP contribution in [0.2, 0.25) is 0 Å². The van der Waals surface area contributed by atoms with E-state index < -0.39 is 11.5 Å². The average molecular weight is 302 g/mol. The Kier molecular flexibility index (Phi) is 3.18. The molecule has 2 heterocycles. The zero-order chi connectivity index (χ0) is 16.1. The Hall–Kier alpha value is -2.08. The van der Waals surface area contributed by atoms with E-state index in [1.807, 2.05) is 39.1 Å². The first kappa shape index (κ1) is 14.8. The fourth-order valence-corrected chi connectivity index (χ4v) is 3.24. The number of aliphatic hydroxyl groups is 1. The van der Waals surface area contributed by atoms with E-state index in [-0.39, 0.29) is 11.5 Å². The Bertz CT molecular complexity index is 733. The molecule has 1 fully saturated rings. The number of carbonyl (C=O) groups excluding carboxylic acids is 1. The van der Waals surface area contributed by atoms with E-state index in [4.69, 9.17) is 5.73 Å². The summed E-state index contributed by atoms with van der Waals surface area (Å²) in [5, 5.41) is 18.2. The molecule has 1 aliphatic carbocycles. The van der Waals surface area contributed by atoms with E-state index in [2.05, 4.69) is 10.4 Å². The van der Waals surface area contributed by atoms with Crippen LogP contribution in [0.5, 0.6) is 0 Å². The Balaban J connectivity index is 2.05. The first-order valence-corrected chi connectivity index (χ1v) is 7.49. The summed E-state index contributed by atoms with van der Waals surface area (Å²) < 4.78 is 1.70. The molecule has 6 heteroatoms. The fourth-order valence-electron chi connectivity index (χ4n) is 3.24. The second-order valence-electron chi connectivity index (χ2n) is 6.87. The predicted octanol–water partition coefficient (Wildman–Crippen LogP) is 1.78. The van der Waals surface area contributed by atoms with E-state index in [0.29, 0.717) is 17.7 Å². The van der Waals surface area contributed by atoms with Crippen LogP contribution in [0.15, 0.2) is 24.5 Å². The molecule has 2 atom stereocenters. The Morgan fingerprint density at radius 3 is 2.82 bits per heavy atom. The van der Waals surface area contributed by atoms with Crippen LogP contribution in [0, 0.1) is 5.41 Å². The van der Waals surface area contributed by atoms with Gasteiger partial charge in [0.05, 0.1) is 28.6 Å². The summed E-state index contributed by atoms with van der Waals surface area (Å²) in [6, 6.07) is 3.80. The minimum Gasteiger partial charge on any atom is -0.390 e. The zero-order valence-electron chi connectivity index (χ0n) is 13.1. The lowest BCUT2D eigenvalue weighted by Crippen LogP contribution is -2.45. The van der Waals surface area contributed by atoms with Crippen LogP contribution >= 0.6 is 0 Å². The lowest BCUT2D eigenvalue weighted by atomic mass is 9.76. The lowest BCUT2D eigenvalue weighted by molar-refractivity contribution is -0.0283. The SMILES string of the molecule is CC1(C)[C@H](Nc2c(C(N)=O)cnn3cccc23)CC[C@]1(C)O. The fraction of sp³-hybridized carbons (Fsp3) is 0.500. The minimum absolute atomic E-state index is 0.0432. The second-order valence-corrected chi connectivity index (χ2v) is 6.87. The van der Waals surface area contributed by atoms with Gasteiger partial charge in [0, 0.05) is 17.7 Å². The Morgan fingerprint density at radius 2 is 2.23 bits per heavy atom. The molecule has 118 valence electrons. The van der Waals surface area contributed by atoms with Gasteiger partial charge in [0.25, 0.3) is 5.91 Å². The topological polar surface area (TPSA) is 92.6 Å². The van der Waals surface area contributed by atoms with Crippen molar-refractivity contribution in [1.29, 1.82) is 0 Å². The van der Waals surface area contributed by atoms with Crippen molar-refractivity contribution in [2.45, 2.75) is 45.3 Å². The summed E-state index contributed by atoms with van der Waals surface area (Å²) in [5.74, 6) is -0.513. The lowest BCUT2D eigenvalue weighted by Gasteiger charge is -2.38. The number of hydrogen-bond acceptors (Lipinski definition) is 4. The van der Waals surface area contributed by atoms with Gasteiger partial charge in [-0.1, -0.05) is 13.8 Å². The molecule has 6 nitrogen and oxygen atoms in total. The molecule has 0 radical (unpaired) electrons. The number of rotatable bonds is 3. The maximum absolute atomic E-state index is 11.7. The van der Waals surface area contributed by atoms with E-state index in [9.17, 15) is 9.90 Å². The Labute approximate surface area is 129 Å². The molecule has 1 aliphatic rings. The van der Waals surface area contributed by atoms with Crippen LogP contribution in [-0.2, 0) is 0 Å². The maximum Gasteiger partial charge on any atom is 0.252 e. The second kappa shape index (κ2) is 4.71. The molecule has 2 aromatic rings. The van der Waals surface area contributed by atoms with E-state index in [1.54, 1.807) is 4.52 Å². The van der Waals surface area contributed by atoms with Crippen LogP contribution in [-0.4, -0.2) is 32.3 Å². The van der Waals surface area contributed by atoms with Gasteiger partial charge in [-0.3, -0.25) is 4.79 Å². The third kappa shape index (κ3) is 2.06. The molecule has 0 aliphatic heterocycles. The predicted molar refractivity (Wildman–Crippen MR) is 84.8 cm³/mol. The summed E-state index contributed by atoms with van der Waals surface area (Å²) in [4.78, 5) is 11.7. The van der Waals surface area contributed by atoms with Crippen LogP contribution in [0.1, 0.15) is 44.0 Å². The number of hydrogen-bond donors (Lipinski definition) is 3. The van der Waals surface area contributed by atoms with Gasteiger partial charge in [0.1, 0.15) is 0 Å². The molecule has 2 aromatic heterocycles. The summed E-state index contributed by atoms with van der Waals surface area (Å²) >= 11 is 0. The maximum atomic E-state index is 11.7. The quantitative estimate of drug-likeness (QED) is 0.806. The summed E-state index contributed by atoms with van der Waals surface area (Å²) in [7, 11) is 0. The van der Waals surface area contributed by atoms with Crippen molar-refractivity contribution in [1.82, 2.24) is 9.61 Å². The van der Waals surface area contributed by atoms with E-state index in [1.165, 1.54) is 6.20 Å². The van der Waals surface area contributed by atoms with Crippen molar-refractivity contribution in [2.75, 3.05) is 5.32 Å². The van der Waals surface area contributed by atoms with Gasteiger partial charge in [-0.25, -0.2) is 4.52 Å². The van der Waals surface area contributed by atoms with Crippen molar-refractivity contribution in [3.8, 4) is 0 Å². The van der Waals surface area contributed by atoms with E-state index in [0.717, 1.165) is 11.9 Å². The van der Waals surface area contributed by atoms with Gasteiger partial charge in [-0.05, 0) is 31.9 Å². The molecule has 0 unspecified atom stereocenters. The molecule has 0 saturated heterocycles. The number of carbonyl (C=O) groups is 1. The molecule has 0 aromatic carbocycles. The van der Waals surface area contributed by atoms with Gasteiger partial charge in [-0.15, -0.1) is 0 Å². The number of fused-ring (bicyclic) bond motifs is 1. The first-order valence-electron chi connectivity index (χ1n) is 7.49. The molecule has 4 N–H and O–H groups in total. The monoisotopic (exact) mass is 302 g/mol. The average Bonchev–Trinajstić information content (AvgIpc) is 2.97. The van der Waals surface area contributed by atoms with Gasteiger partial charge in [0.2, 0.25) is 0 Å². The molecule has 22 heavy (non-hydrogen) atoms. The van der Waals surface area contributed by atoms with Crippen LogP contribution in [0.3, 0.4) is 0 Å². The highest BCUT2D eigenvalue weighted by molar-refractivity contribution is 6.01. The highest BCUT2D eigenvalue weighted by atomic mass is 16.3. The molecular formula is C16H22N4O2. The molecular weight excluding hydrogens is 280 g/mol. The van der Waals surface area contributed by atoms with Crippen molar-refractivity contribution >= 4 is 17.1 Å². The third-order valence-electron chi connectivity index (χ3n) is 5.33. The van der Waals surface area contributed by atoms with Gasteiger partial charge in [-0.2, -0.15) is 5.10 Å². The van der Waals surface area contributed by atoms with Crippen LogP contribution in [0.4, 0.5) is 5.69 Å². The smallest absolute Gasteiger partial charge is 0.252 e. The minimum atomic E-state index is -0.747. The standard InChI is InChI=1S/C16H22N4O2/c1-15(2)12(6-7-16(15,3)22)19-13-10(14(17)21)9-18-20-8-4-5-11(13)20/h4-5,8-9,12,19,22H,6-7H2,1-3H3,(H2,17,21)/t12-,16+/m1/s1. The number of nitrogens with two attached hydrogens (primary N) is 1. The number of nitrogens with zero attached hydrogens (tertiary/aromatic N) is 2. The molecule has 0 bridgehead atoms. The number of amides is 1. The van der Waals surface area contributed by atoms with Crippen molar-refractivity contribution < 1.29 is 9.90 Å². The van der Waals surface area contributed by atoms with Gasteiger partial charge >= 0.3 is 0 Å². The van der Waals surface area contributed by atoms with Crippen molar-refractivity contribution in [2.24, 2.45) is 11.1 Å². The Morgan fingerprint density at radius 1 is 1.50 bits per heavy atom. The highest BCUT2D eigenvalue weighted by Crippen LogP contribution is 2.47. The zero-order valence-corrected chi connectivity index (χ0v) is 13.1. The summed E-state index contributed by atoms with van der Waals surface area (Å²) in [5.41, 5.74) is 6.28. The van der Waals surface area contributed by atoms with Crippen LogP contribution in [0.25, 0.3) is 5.52 Å². The number of primary amides is 1. The molecule has 0 spiro atoms. The van der Waals surface area contributed by atoms with Crippen molar-refractivity contribution in [3.63, 3.8) is 0 Å². The summed E-state index contributed by atoms with van der Waals surface area (Å²) in [6.45, 7) is 5.94. The molecule has 1 saturated carbocycles. The van der Waals surface area contributed by atoms with Crippen molar-refractivity contribution in [3.05, 3.63) is 30.1 Å². The third-order valence-corrected chi connectivity index (χ3v) is 5.33. The number of aromatic nitrogens is 2. The largest absolute Gasteiger partial charge is 0.390 e. The summed E-state index contributed by atoms with van der Waals surface area (Å²) in [6.07, 6.45) is 4.85. The molecule has 3 rings (SSSR count). The highest BCUT2D eigenvalue weighted by Gasteiger charge is 2.50. The van der Waals surface area contributed by atoms with Gasteiger partial charge < -0.3 is 16.2 Å².